The molecule has 1 saturated heterocycles. The summed E-state index contributed by atoms with van der Waals surface area (Å²) >= 11 is 0. The number of piperidine rings is 1. The summed E-state index contributed by atoms with van der Waals surface area (Å²) < 4.78 is 0. The van der Waals surface area contributed by atoms with Gasteiger partial charge in [-0.25, -0.2) is 4.98 Å². The molecule has 1 aliphatic rings. The van der Waals surface area contributed by atoms with Crippen LogP contribution >= 0.6 is 0 Å². The fourth-order valence-electron chi connectivity index (χ4n) is 2.59. The van der Waals surface area contributed by atoms with Crippen molar-refractivity contribution in [2.24, 2.45) is 0 Å². The molecule has 0 atom stereocenters. The highest BCUT2D eigenvalue weighted by Crippen LogP contribution is 2.18. The van der Waals surface area contributed by atoms with Crippen molar-refractivity contribution >= 4 is 11.6 Å². The van der Waals surface area contributed by atoms with Crippen LogP contribution in [0.15, 0.2) is 18.3 Å². The highest BCUT2D eigenvalue weighted by Gasteiger charge is 2.21. The number of anilines is 1. The minimum Gasteiger partial charge on any atom is -0.380 e. The van der Waals surface area contributed by atoms with Crippen LogP contribution in [0.4, 0.5) is 5.69 Å². The zero-order chi connectivity index (χ0) is 15.8. The molecular formula is C16H23N5O. The Kier molecular flexibility index (Phi) is 6.16. The number of nitrogens with one attached hydrogen (secondary N) is 2. The van der Waals surface area contributed by atoms with Gasteiger partial charge in [-0.05, 0) is 31.4 Å². The molecule has 0 aliphatic carbocycles. The molecule has 22 heavy (non-hydrogen) atoms. The lowest BCUT2D eigenvalue weighted by molar-refractivity contribution is -0.122. The van der Waals surface area contributed by atoms with Crippen molar-refractivity contribution in [1.82, 2.24) is 15.2 Å². The van der Waals surface area contributed by atoms with E-state index < -0.39 is 0 Å². The number of carbonyl (C=O) groups excluding carboxylic acids is 1. The van der Waals surface area contributed by atoms with Gasteiger partial charge in [-0.2, -0.15) is 5.26 Å². The Morgan fingerprint density at radius 3 is 2.95 bits per heavy atom. The van der Waals surface area contributed by atoms with Crippen LogP contribution in [0.25, 0.3) is 0 Å². The summed E-state index contributed by atoms with van der Waals surface area (Å²) in [5.41, 5.74) is 1.23. The summed E-state index contributed by atoms with van der Waals surface area (Å²) in [5.74, 6) is 0.104. The molecule has 0 unspecified atom stereocenters. The summed E-state index contributed by atoms with van der Waals surface area (Å²) in [4.78, 5) is 18.0. The first kappa shape index (κ1) is 16.2. The van der Waals surface area contributed by atoms with Crippen LogP contribution in [0, 0.1) is 11.3 Å². The molecule has 2 rings (SSSR count). The van der Waals surface area contributed by atoms with Gasteiger partial charge in [0, 0.05) is 31.9 Å². The number of likely N-dealkylation sites (tertiary alicyclic amines) is 1. The zero-order valence-corrected chi connectivity index (χ0v) is 13.0. The minimum absolute atomic E-state index is 0.104. The van der Waals surface area contributed by atoms with E-state index >= 15 is 0 Å². The first-order valence-corrected chi connectivity index (χ1v) is 7.83. The third-order valence-electron chi connectivity index (χ3n) is 3.80. The lowest BCUT2D eigenvalue weighted by Crippen LogP contribution is -2.44. The van der Waals surface area contributed by atoms with Crippen LogP contribution in [-0.2, 0) is 4.79 Å². The zero-order valence-electron chi connectivity index (χ0n) is 13.0. The maximum absolute atomic E-state index is 11.7. The van der Waals surface area contributed by atoms with E-state index in [1.807, 2.05) is 19.1 Å². The van der Waals surface area contributed by atoms with Gasteiger partial charge >= 0.3 is 0 Å². The predicted molar refractivity (Wildman–Crippen MR) is 85.3 cm³/mol. The summed E-state index contributed by atoms with van der Waals surface area (Å²) in [6, 6.07) is 6.14. The second kappa shape index (κ2) is 8.35. The quantitative estimate of drug-likeness (QED) is 0.829. The summed E-state index contributed by atoms with van der Waals surface area (Å²) in [7, 11) is 0. The van der Waals surface area contributed by atoms with E-state index in [4.69, 9.17) is 5.26 Å². The van der Waals surface area contributed by atoms with Crippen molar-refractivity contribution in [3.05, 3.63) is 24.0 Å². The SMILES string of the molecule is CCCNC(=O)CN1CCC(Nc2cccnc2C#N)CC1. The Labute approximate surface area is 131 Å². The first-order chi connectivity index (χ1) is 10.7. The lowest BCUT2D eigenvalue weighted by atomic mass is 10.0. The molecule has 1 fully saturated rings. The van der Waals surface area contributed by atoms with Crippen LogP contribution in [0.5, 0.6) is 0 Å². The summed E-state index contributed by atoms with van der Waals surface area (Å²) in [6.45, 7) is 5.04. The number of hydrogen-bond acceptors (Lipinski definition) is 5. The normalized spacial score (nSPS) is 16.0. The van der Waals surface area contributed by atoms with Gasteiger partial charge in [0.1, 0.15) is 6.07 Å². The first-order valence-electron chi connectivity index (χ1n) is 7.83. The van der Waals surface area contributed by atoms with Crippen LogP contribution in [0.3, 0.4) is 0 Å². The number of carbonyl (C=O) groups is 1. The third-order valence-corrected chi connectivity index (χ3v) is 3.80. The second-order valence-electron chi connectivity index (χ2n) is 5.56. The van der Waals surface area contributed by atoms with E-state index in [-0.39, 0.29) is 5.91 Å². The monoisotopic (exact) mass is 301 g/mol. The van der Waals surface area contributed by atoms with E-state index in [1.54, 1.807) is 6.20 Å². The van der Waals surface area contributed by atoms with Gasteiger partial charge in [-0.1, -0.05) is 6.92 Å². The minimum atomic E-state index is 0.104. The fraction of sp³-hybridized carbons (Fsp3) is 0.562. The maximum atomic E-state index is 11.7. The maximum Gasteiger partial charge on any atom is 0.234 e. The van der Waals surface area contributed by atoms with Gasteiger partial charge < -0.3 is 10.6 Å². The van der Waals surface area contributed by atoms with Gasteiger partial charge in [0.2, 0.25) is 5.91 Å². The molecule has 0 spiro atoms. The van der Waals surface area contributed by atoms with Crippen LogP contribution < -0.4 is 10.6 Å². The highest BCUT2D eigenvalue weighted by molar-refractivity contribution is 5.77. The van der Waals surface area contributed by atoms with E-state index in [0.29, 0.717) is 18.3 Å². The lowest BCUT2D eigenvalue weighted by Gasteiger charge is -2.32. The van der Waals surface area contributed by atoms with Gasteiger partial charge in [0.25, 0.3) is 0 Å². The number of pyridine rings is 1. The van der Waals surface area contributed by atoms with E-state index in [9.17, 15) is 4.79 Å². The van der Waals surface area contributed by atoms with E-state index in [2.05, 4.69) is 26.6 Å². The van der Waals surface area contributed by atoms with E-state index in [1.165, 1.54) is 0 Å². The molecule has 6 nitrogen and oxygen atoms in total. The molecule has 1 amide bonds. The van der Waals surface area contributed by atoms with Gasteiger partial charge in [-0.15, -0.1) is 0 Å². The molecule has 118 valence electrons. The van der Waals surface area contributed by atoms with E-state index in [0.717, 1.165) is 44.6 Å². The molecule has 1 aliphatic heterocycles. The largest absolute Gasteiger partial charge is 0.380 e. The topological polar surface area (TPSA) is 81.1 Å². The molecule has 0 radical (unpaired) electrons. The Morgan fingerprint density at radius 1 is 1.50 bits per heavy atom. The van der Waals surface area contributed by atoms with Gasteiger partial charge in [0.05, 0.1) is 12.2 Å². The summed E-state index contributed by atoms with van der Waals surface area (Å²) in [5, 5.41) is 15.4. The Hall–Kier alpha value is -2.13. The van der Waals surface area contributed by atoms with Crippen molar-refractivity contribution in [3.8, 4) is 6.07 Å². The third kappa shape index (κ3) is 4.71. The molecule has 1 aromatic rings. The molecule has 6 heteroatoms. The fourth-order valence-corrected chi connectivity index (χ4v) is 2.59. The number of nitrogens with zero attached hydrogens (tertiary/aromatic N) is 3. The van der Waals surface area contributed by atoms with Crippen LogP contribution in [0.1, 0.15) is 31.9 Å². The number of rotatable bonds is 6. The number of aromatic nitrogens is 1. The van der Waals surface area contributed by atoms with Crippen molar-refractivity contribution in [2.75, 3.05) is 31.5 Å². The smallest absolute Gasteiger partial charge is 0.234 e. The predicted octanol–water partition coefficient (Wildman–Crippen LogP) is 1.36. The average Bonchev–Trinajstić information content (AvgIpc) is 2.55. The van der Waals surface area contributed by atoms with Gasteiger partial charge in [-0.3, -0.25) is 9.69 Å². The van der Waals surface area contributed by atoms with Crippen molar-refractivity contribution in [1.29, 1.82) is 5.26 Å². The van der Waals surface area contributed by atoms with Gasteiger partial charge in [0.15, 0.2) is 5.69 Å². The standard InChI is InChI=1S/C16H23N5O/c1-2-7-19-16(22)12-21-9-5-13(6-10-21)20-14-4-3-8-18-15(14)11-17/h3-4,8,13,20H,2,5-7,9-10,12H2,1H3,(H,19,22). The van der Waals surface area contributed by atoms with Crippen molar-refractivity contribution < 1.29 is 4.79 Å². The van der Waals surface area contributed by atoms with Crippen molar-refractivity contribution in [3.63, 3.8) is 0 Å². The molecule has 0 bridgehead atoms. The molecule has 2 N–H and O–H groups in total. The Morgan fingerprint density at radius 2 is 2.27 bits per heavy atom. The van der Waals surface area contributed by atoms with Crippen LogP contribution in [0.2, 0.25) is 0 Å². The van der Waals surface area contributed by atoms with Crippen LogP contribution in [-0.4, -0.2) is 48.0 Å². The average molecular weight is 301 g/mol. The molecule has 1 aromatic heterocycles. The second-order valence-corrected chi connectivity index (χ2v) is 5.56. The number of amides is 1. The molecule has 2 heterocycles. The Balaban J connectivity index is 1.78. The number of hydrogen-bond donors (Lipinski definition) is 2. The molecule has 0 aromatic carbocycles. The highest BCUT2D eigenvalue weighted by atomic mass is 16.2. The molecular weight excluding hydrogens is 278 g/mol. The Bertz CT molecular complexity index is 532. The van der Waals surface area contributed by atoms with Crippen molar-refractivity contribution in [2.45, 2.75) is 32.2 Å². The summed E-state index contributed by atoms with van der Waals surface area (Å²) in [6.07, 6.45) is 4.51. The number of nitriles is 1. The molecule has 0 saturated carbocycles.